The van der Waals surface area contributed by atoms with Gasteiger partial charge in [-0.2, -0.15) is 0 Å². The van der Waals surface area contributed by atoms with E-state index in [1.165, 1.54) is 6.26 Å². The standard InChI is InChI=1S/C11H12Br2N2O3S/c1-5(19(2,17)18)10(13)6-3-8-9(4-7(6)12)15-11(16)14-8/h3-5,10H,1-2H3,(H2,14,15,16). The lowest BCUT2D eigenvalue weighted by Gasteiger charge is -2.18. The van der Waals surface area contributed by atoms with Gasteiger partial charge in [0.05, 0.1) is 21.1 Å². The predicted molar refractivity (Wildman–Crippen MR) is 82.6 cm³/mol. The quantitative estimate of drug-likeness (QED) is 0.761. The molecule has 1 heterocycles. The fourth-order valence-corrected chi connectivity index (χ4v) is 4.79. The molecule has 2 aromatic rings. The summed E-state index contributed by atoms with van der Waals surface area (Å²) in [6.45, 7) is 1.64. The Morgan fingerprint density at radius 2 is 1.74 bits per heavy atom. The summed E-state index contributed by atoms with van der Waals surface area (Å²) in [6, 6.07) is 3.52. The first-order valence-corrected chi connectivity index (χ1v) is 9.11. The molecule has 0 saturated heterocycles. The molecule has 2 atom stereocenters. The van der Waals surface area contributed by atoms with E-state index in [9.17, 15) is 13.2 Å². The van der Waals surface area contributed by atoms with Crippen molar-refractivity contribution in [2.24, 2.45) is 0 Å². The molecule has 1 aromatic heterocycles. The Morgan fingerprint density at radius 3 is 2.26 bits per heavy atom. The van der Waals surface area contributed by atoms with Gasteiger partial charge in [-0.15, -0.1) is 0 Å². The lowest BCUT2D eigenvalue weighted by molar-refractivity contribution is 0.588. The van der Waals surface area contributed by atoms with Crippen LogP contribution >= 0.6 is 31.9 Å². The third-order valence-electron chi connectivity index (χ3n) is 3.02. The molecule has 0 aliphatic carbocycles. The highest BCUT2D eigenvalue weighted by atomic mass is 79.9. The molecule has 2 N–H and O–H groups in total. The number of H-pyrrole nitrogens is 2. The van der Waals surface area contributed by atoms with Gasteiger partial charge in [0.2, 0.25) is 0 Å². The number of hydrogen-bond acceptors (Lipinski definition) is 3. The Morgan fingerprint density at radius 1 is 1.21 bits per heavy atom. The van der Waals surface area contributed by atoms with Crippen molar-refractivity contribution >= 4 is 52.7 Å². The smallest absolute Gasteiger partial charge is 0.306 e. The lowest BCUT2D eigenvalue weighted by Crippen LogP contribution is -2.21. The molecule has 0 saturated carbocycles. The largest absolute Gasteiger partial charge is 0.323 e. The first-order chi connectivity index (χ1) is 8.70. The summed E-state index contributed by atoms with van der Waals surface area (Å²) in [5, 5.41) is -0.577. The van der Waals surface area contributed by atoms with Crippen molar-refractivity contribution < 1.29 is 8.42 Å². The minimum absolute atomic E-state index is 0.290. The van der Waals surface area contributed by atoms with E-state index in [-0.39, 0.29) is 10.5 Å². The van der Waals surface area contributed by atoms with Crippen LogP contribution in [0.3, 0.4) is 0 Å². The van der Waals surface area contributed by atoms with Gasteiger partial charge in [-0.05, 0) is 24.6 Å². The summed E-state index contributed by atoms with van der Waals surface area (Å²) in [4.78, 5) is 16.2. The molecular weight excluding hydrogens is 400 g/mol. The molecule has 5 nitrogen and oxygen atoms in total. The number of hydrogen-bond donors (Lipinski definition) is 2. The number of nitrogens with one attached hydrogen (secondary N) is 2. The second kappa shape index (κ2) is 5.06. The Kier molecular flexibility index (Phi) is 3.95. The van der Waals surface area contributed by atoms with Crippen LogP contribution in [0, 0.1) is 0 Å². The number of aromatic amines is 2. The molecule has 2 rings (SSSR count). The Balaban J connectivity index is 2.55. The molecular formula is C11H12Br2N2O3S. The van der Waals surface area contributed by atoms with E-state index in [4.69, 9.17) is 0 Å². The fourth-order valence-electron chi connectivity index (χ4n) is 1.75. The second-order valence-electron chi connectivity index (χ2n) is 4.43. The summed E-state index contributed by atoms with van der Waals surface area (Å²) in [5.41, 5.74) is 1.81. The molecule has 104 valence electrons. The van der Waals surface area contributed by atoms with E-state index in [0.717, 1.165) is 10.0 Å². The highest BCUT2D eigenvalue weighted by molar-refractivity contribution is 9.11. The van der Waals surface area contributed by atoms with E-state index < -0.39 is 15.1 Å². The summed E-state index contributed by atoms with van der Waals surface area (Å²) in [5.74, 6) is 0. The number of benzene rings is 1. The van der Waals surface area contributed by atoms with E-state index in [0.29, 0.717) is 11.0 Å². The highest BCUT2D eigenvalue weighted by Gasteiger charge is 2.27. The Hall–Kier alpha value is -0.600. The summed E-state index contributed by atoms with van der Waals surface area (Å²) in [6.07, 6.45) is 1.20. The SMILES string of the molecule is CC(C(Br)c1cc2[nH]c(=O)[nH]c2cc1Br)S(C)(=O)=O. The minimum atomic E-state index is -3.16. The molecule has 0 spiro atoms. The maximum atomic E-state index is 11.6. The van der Waals surface area contributed by atoms with Gasteiger partial charge in [-0.1, -0.05) is 31.9 Å². The second-order valence-corrected chi connectivity index (χ2v) is 8.68. The number of fused-ring (bicyclic) bond motifs is 1. The zero-order valence-corrected chi connectivity index (χ0v) is 14.2. The van der Waals surface area contributed by atoms with Crippen molar-refractivity contribution in [2.45, 2.75) is 17.0 Å². The van der Waals surface area contributed by atoms with Crippen molar-refractivity contribution in [1.29, 1.82) is 0 Å². The molecule has 0 amide bonds. The molecule has 0 aliphatic heterocycles. The minimum Gasteiger partial charge on any atom is -0.306 e. The number of alkyl halides is 1. The Bertz CT molecular complexity index is 779. The maximum Gasteiger partial charge on any atom is 0.323 e. The van der Waals surface area contributed by atoms with Gasteiger partial charge >= 0.3 is 5.69 Å². The normalized spacial score (nSPS) is 15.6. The predicted octanol–water partition coefficient (Wildman–Crippen LogP) is 2.49. The molecule has 19 heavy (non-hydrogen) atoms. The van der Waals surface area contributed by atoms with Crippen LogP contribution in [0.2, 0.25) is 0 Å². The van der Waals surface area contributed by atoms with E-state index >= 15 is 0 Å². The third kappa shape index (κ3) is 2.95. The van der Waals surface area contributed by atoms with Gasteiger partial charge in [0.1, 0.15) is 0 Å². The van der Waals surface area contributed by atoms with Crippen molar-refractivity contribution in [1.82, 2.24) is 9.97 Å². The van der Waals surface area contributed by atoms with E-state index in [2.05, 4.69) is 41.8 Å². The topological polar surface area (TPSA) is 82.8 Å². The van der Waals surface area contributed by atoms with E-state index in [1.54, 1.807) is 19.1 Å². The first-order valence-electron chi connectivity index (χ1n) is 5.44. The van der Waals surface area contributed by atoms with Crippen LogP contribution in [0.1, 0.15) is 17.3 Å². The van der Waals surface area contributed by atoms with Crippen molar-refractivity contribution in [2.75, 3.05) is 6.26 Å². The number of aromatic nitrogens is 2. The van der Waals surface area contributed by atoms with Crippen molar-refractivity contribution in [3.8, 4) is 0 Å². The number of halogens is 2. The summed E-state index contributed by atoms with van der Waals surface area (Å²) in [7, 11) is -3.16. The Labute approximate surface area is 127 Å². The van der Waals surface area contributed by atoms with Crippen LogP contribution in [0.15, 0.2) is 21.4 Å². The van der Waals surface area contributed by atoms with Gasteiger partial charge < -0.3 is 9.97 Å². The average molecular weight is 412 g/mol. The molecule has 0 bridgehead atoms. The lowest BCUT2D eigenvalue weighted by atomic mass is 10.1. The maximum absolute atomic E-state index is 11.6. The monoisotopic (exact) mass is 410 g/mol. The fraction of sp³-hybridized carbons (Fsp3) is 0.364. The van der Waals surface area contributed by atoms with Crippen LogP contribution in [-0.2, 0) is 9.84 Å². The van der Waals surface area contributed by atoms with Crippen LogP contribution in [-0.4, -0.2) is 29.9 Å². The van der Waals surface area contributed by atoms with E-state index in [1.807, 2.05) is 0 Å². The third-order valence-corrected chi connectivity index (χ3v) is 6.96. The molecule has 1 aromatic carbocycles. The first kappa shape index (κ1) is 14.8. The van der Waals surface area contributed by atoms with Gasteiger partial charge in [0, 0.05) is 10.7 Å². The zero-order chi connectivity index (χ0) is 14.4. The highest BCUT2D eigenvalue weighted by Crippen LogP contribution is 2.36. The van der Waals surface area contributed by atoms with Crippen LogP contribution < -0.4 is 5.69 Å². The zero-order valence-electron chi connectivity index (χ0n) is 10.2. The van der Waals surface area contributed by atoms with Crippen LogP contribution in [0.25, 0.3) is 11.0 Å². The van der Waals surface area contributed by atoms with Gasteiger partial charge in [-0.25, -0.2) is 13.2 Å². The molecule has 8 heteroatoms. The van der Waals surface area contributed by atoms with Gasteiger partial charge in [-0.3, -0.25) is 0 Å². The van der Waals surface area contributed by atoms with Gasteiger partial charge in [0.15, 0.2) is 9.84 Å². The number of imidazole rings is 1. The molecule has 2 unspecified atom stereocenters. The van der Waals surface area contributed by atoms with Crippen molar-refractivity contribution in [3.05, 3.63) is 32.7 Å². The summed E-state index contributed by atoms with van der Waals surface area (Å²) < 4.78 is 24.0. The van der Waals surface area contributed by atoms with Crippen LogP contribution in [0.4, 0.5) is 0 Å². The average Bonchev–Trinajstić information content (AvgIpc) is 2.64. The molecule has 0 fully saturated rings. The summed E-state index contributed by atoms with van der Waals surface area (Å²) >= 11 is 6.82. The van der Waals surface area contributed by atoms with Crippen molar-refractivity contribution in [3.63, 3.8) is 0 Å². The van der Waals surface area contributed by atoms with Crippen LogP contribution in [0.5, 0.6) is 0 Å². The molecule has 0 radical (unpaired) electrons. The number of rotatable bonds is 3. The number of sulfone groups is 1. The molecule has 0 aliphatic rings. The van der Waals surface area contributed by atoms with Gasteiger partial charge in [0.25, 0.3) is 0 Å².